The van der Waals surface area contributed by atoms with E-state index in [9.17, 15) is 14.7 Å². The van der Waals surface area contributed by atoms with Gasteiger partial charge in [0.15, 0.2) is 0 Å². The smallest absolute Gasteiger partial charge is 0.286 e. The average Bonchev–Trinajstić information content (AvgIpc) is 2.47. The molecule has 1 aromatic rings. The maximum Gasteiger partial charge on any atom is 0.286 e. The van der Waals surface area contributed by atoms with Gasteiger partial charge in [-0.2, -0.15) is 0 Å². The molecule has 2 aliphatic rings. The first kappa shape index (κ1) is 13.9. The predicted molar refractivity (Wildman–Crippen MR) is 81.5 cm³/mol. The molecule has 1 atom stereocenters. The van der Waals surface area contributed by atoms with Crippen LogP contribution in [0.25, 0.3) is 0 Å². The number of fused-ring (bicyclic) bond motifs is 1. The molecule has 3 rings (SSSR count). The van der Waals surface area contributed by atoms with Crippen LogP contribution in [0, 0.1) is 12.8 Å². The third-order valence-electron chi connectivity index (χ3n) is 3.35. The van der Waals surface area contributed by atoms with Gasteiger partial charge < -0.3 is 10.4 Å². The van der Waals surface area contributed by atoms with Crippen LogP contribution in [0.15, 0.2) is 58.8 Å². The zero-order valence-corrected chi connectivity index (χ0v) is 11.8. The number of rotatable bonds is 2. The van der Waals surface area contributed by atoms with Crippen LogP contribution < -0.4 is 5.32 Å². The topological polar surface area (TPSA) is 91.6 Å². The van der Waals surface area contributed by atoms with Crippen LogP contribution in [0.2, 0.25) is 0 Å². The normalized spacial score (nSPS) is 19.8. The molecule has 6 nitrogen and oxygen atoms in total. The van der Waals surface area contributed by atoms with Crippen molar-refractivity contribution >= 4 is 23.3 Å². The van der Waals surface area contributed by atoms with Crippen LogP contribution in [0.4, 0.5) is 5.82 Å². The molecule has 1 aliphatic heterocycles. The number of aliphatic imine (C=N–C) groups is 1. The summed E-state index contributed by atoms with van der Waals surface area (Å²) in [7, 11) is 0. The highest BCUT2D eigenvalue weighted by Crippen LogP contribution is 2.26. The molecular weight excluding hydrogens is 282 g/mol. The fourth-order valence-electron chi connectivity index (χ4n) is 2.31. The standard InChI is InChI=1S/C16H13N3O3/c1-9-5-4-8-12(17-9)19-16(22)13-14(20)10-6-2-3-7-11(10)18-15(13)21/h2-8,10,20H,1H3,(H,17,19,22). The van der Waals surface area contributed by atoms with Gasteiger partial charge in [-0.1, -0.05) is 24.3 Å². The maximum absolute atomic E-state index is 12.3. The fraction of sp³-hybridized carbons (Fsp3) is 0.125. The van der Waals surface area contributed by atoms with E-state index in [4.69, 9.17) is 0 Å². The molecule has 0 aromatic carbocycles. The number of aliphatic hydroxyl groups is 1. The lowest BCUT2D eigenvalue weighted by Gasteiger charge is -2.21. The van der Waals surface area contributed by atoms with E-state index in [2.05, 4.69) is 15.3 Å². The van der Waals surface area contributed by atoms with Gasteiger partial charge in [0.2, 0.25) is 0 Å². The Morgan fingerprint density at radius 1 is 1.32 bits per heavy atom. The molecule has 6 heteroatoms. The Bertz CT molecular complexity index is 788. The van der Waals surface area contributed by atoms with Crippen molar-refractivity contribution in [3.8, 4) is 0 Å². The largest absolute Gasteiger partial charge is 0.510 e. The molecule has 2 amide bonds. The first-order valence-corrected chi connectivity index (χ1v) is 6.72. The molecule has 1 unspecified atom stereocenters. The Balaban J connectivity index is 1.90. The number of aryl methyl sites for hydroxylation is 1. The van der Waals surface area contributed by atoms with Gasteiger partial charge >= 0.3 is 0 Å². The number of carbonyl (C=O) groups excluding carboxylic acids is 2. The average molecular weight is 295 g/mol. The number of allylic oxidation sites excluding steroid dienone is 4. The summed E-state index contributed by atoms with van der Waals surface area (Å²) in [5.74, 6) is -2.01. The zero-order valence-electron chi connectivity index (χ0n) is 11.8. The summed E-state index contributed by atoms with van der Waals surface area (Å²) in [4.78, 5) is 32.3. The second-order valence-electron chi connectivity index (χ2n) is 4.94. The summed E-state index contributed by atoms with van der Waals surface area (Å²) in [6, 6.07) is 5.13. The Morgan fingerprint density at radius 2 is 2.14 bits per heavy atom. The molecule has 22 heavy (non-hydrogen) atoms. The lowest BCUT2D eigenvalue weighted by atomic mass is 9.90. The molecule has 0 bridgehead atoms. The van der Waals surface area contributed by atoms with Gasteiger partial charge in [-0.05, 0) is 25.1 Å². The third-order valence-corrected chi connectivity index (χ3v) is 3.35. The fourth-order valence-corrected chi connectivity index (χ4v) is 2.31. The van der Waals surface area contributed by atoms with Gasteiger partial charge in [0.05, 0.1) is 11.6 Å². The van der Waals surface area contributed by atoms with Crippen molar-refractivity contribution < 1.29 is 14.7 Å². The maximum atomic E-state index is 12.3. The van der Waals surface area contributed by atoms with E-state index < -0.39 is 17.7 Å². The summed E-state index contributed by atoms with van der Waals surface area (Å²) in [5.41, 5.74) is 0.805. The van der Waals surface area contributed by atoms with E-state index in [1.54, 1.807) is 49.4 Å². The highest BCUT2D eigenvalue weighted by molar-refractivity contribution is 6.28. The van der Waals surface area contributed by atoms with Crippen LogP contribution in [0.3, 0.4) is 0 Å². The van der Waals surface area contributed by atoms with Crippen LogP contribution in [0.1, 0.15) is 5.69 Å². The van der Waals surface area contributed by atoms with E-state index in [0.717, 1.165) is 5.69 Å². The van der Waals surface area contributed by atoms with E-state index in [1.807, 2.05) is 0 Å². The van der Waals surface area contributed by atoms with E-state index in [-0.39, 0.29) is 11.3 Å². The van der Waals surface area contributed by atoms with E-state index >= 15 is 0 Å². The van der Waals surface area contributed by atoms with Gasteiger partial charge in [-0.15, -0.1) is 0 Å². The predicted octanol–water partition coefficient (Wildman–Crippen LogP) is 1.86. The lowest BCUT2D eigenvalue weighted by Crippen LogP contribution is -2.31. The number of aromatic nitrogens is 1. The van der Waals surface area contributed by atoms with Crippen molar-refractivity contribution in [2.45, 2.75) is 6.92 Å². The van der Waals surface area contributed by atoms with Crippen LogP contribution >= 0.6 is 0 Å². The Labute approximate surface area is 126 Å². The molecule has 1 aromatic heterocycles. The van der Waals surface area contributed by atoms with Crippen molar-refractivity contribution in [3.63, 3.8) is 0 Å². The number of nitrogens with one attached hydrogen (secondary N) is 1. The quantitative estimate of drug-likeness (QED) is 0.815. The molecule has 0 saturated carbocycles. The van der Waals surface area contributed by atoms with Crippen LogP contribution in [-0.4, -0.2) is 27.6 Å². The molecule has 110 valence electrons. The van der Waals surface area contributed by atoms with E-state index in [1.165, 1.54) is 0 Å². The van der Waals surface area contributed by atoms with Crippen molar-refractivity contribution in [2.75, 3.05) is 5.32 Å². The molecular formula is C16H13N3O3. The minimum atomic E-state index is -0.756. The van der Waals surface area contributed by atoms with Crippen LogP contribution in [0.5, 0.6) is 0 Å². The van der Waals surface area contributed by atoms with Crippen molar-refractivity contribution in [2.24, 2.45) is 10.9 Å². The minimum Gasteiger partial charge on any atom is -0.510 e. The number of hydrogen-bond donors (Lipinski definition) is 2. The number of carbonyl (C=O) groups is 2. The Morgan fingerprint density at radius 3 is 2.91 bits per heavy atom. The summed E-state index contributed by atoms with van der Waals surface area (Å²) in [5, 5.41) is 12.8. The van der Waals surface area contributed by atoms with E-state index in [0.29, 0.717) is 11.5 Å². The van der Waals surface area contributed by atoms with Gasteiger partial charge in [-0.25, -0.2) is 9.98 Å². The SMILES string of the molecule is Cc1cccc(NC(=O)C2=C(O)C3C=CC=CC3=NC2=O)n1. The monoisotopic (exact) mass is 295 g/mol. The number of nitrogens with zero attached hydrogens (tertiary/aromatic N) is 2. The molecule has 0 spiro atoms. The van der Waals surface area contributed by atoms with Gasteiger partial charge in [-0.3, -0.25) is 9.59 Å². The second-order valence-corrected chi connectivity index (χ2v) is 4.94. The number of pyridine rings is 1. The minimum absolute atomic E-state index is 0.291. The van der Waals surface area contributed by atoms with Gasteiger partial charge in [0, 0.05) is 5.69 Å². The first-order chi connectivity index (χ1) is 10.6. The lowest BCUT2D eigenvalue weighted by molar-refractivity contribution is -0.119. The van der Waals surface area contributed by atoms with Crippen molar-refractivity contribution in [3.05, 3.63) is 59.5 Å². The molecule has 0 saturated heterocycles. The summed E-state index contributed by atoms with van der Waals surface area (Å²) < 4.78 is 0. The highest BCUT2D eigenvalue weighted by atomic mass is 16.3. The third kappa shape index (κ3) is 2.46. The number of hydrogen-bond acceptors (Lipinski definition) is 4. The number of aliphatic hydroxyl groups excluding tert-OH is 1. The number of anilines is 1. The number of dihydropyridines is 1. The van der Waals surface area contributed by atoms with Crippen molar-refractivity contribution in [1.29, 1.82) is 0 Å². The summed E-state index contributed by atoms with van der Waals surface area (Å²) in [6.45, 7) is 1.79. The summed E-state index contributed by atoms with van der Waals surface area (Å²) in [6.07, 6.45) is 6.76. The Kier molecular flexibility index (Phi) is 3.42. The molecule has 0 fully saturated rings. The summed E-state index contributed by atoms with van der Waals surface area (Å²) >= 11 is 0. The molecule has 2 N–H and O–H groups in total. The van der Waals surface area contributed by atoms with Gasteiger partial charge in [0.25, 0.3) is 11.8 Å². The molecule has 1 aliphatic carbocycles. The molecule has 2 heterocycles. The van der Waals surface area contributed by atoms with Gasteiger partial charge in [0.1, 0.15) is 17.2 Å². The molecule has 0 radical (unpaired) electrons. The first-order valence-electron chi connectivity index (χ1n) is 6.72. The number of amides is 2. The second kappa shape index (κ2) is 5.40. The zero-order chi connectivity index (χ0) is 15.7. The highest BCUT2D eigenvalue weighted by Gasteiger charge is 2.34. The van der Waals surface area contributed by atoms with Crippen LogP contribution in [-0.2, 0) is 9.59 Å². The van der Waals surface area contributed by atoms with Crippen molar-refractivity contribution in [1.82, 2.24) is 4.98 Å². The Hall–Kier alpha value is -3.02.